The van der Waals surface area contributed by atoms with Crippen LogP contribution in [0.3, 0.4) is 0 Å². The third kappa shape index (κ3) is 3.94. The average molecular weight is 279 g/mol. The zero-order valence-corrected chi connectivity index (χ0v) is 12.2. The van der Waals surface area contributed by atoms with E-state index in [0.717, 1.165) is 19.3 Å². The summed E-state index contributed by atoms with van der Waals surface area (Å²) in [4.78, 5) is 24.3. The van der Waals surface area contributed by atoms with Crippen LogP contribution in [0.1, 0.15) is 36.5 Å². The second-order valence-corrected chi connectivity index (χ2v) is 4.67. The molecule has 1 rings (SSSR count). The molecular weight excluding hydrogens is 258 g/mol. The monoisotopic (exact) mass is 279 g/mol. The first-order valence-electron chi connectivity index (χ1n) is 6.73. The van der Waals surface area contributed by atoms with Crippen molar-refractivity contribution in [2.24, 2.45) is 0 Å². The van der Waals surface area contributed by atoms with Crippen molar-refractivity contribution in [2.75, 3.05) is 26.0 Å². The van der Waals surface area contributed by atoms with Crippen LogP contribution >= 0.6 is 0 Å². The predicted octanol–water partition coefficient (Wildman–Crippen LogP) is 2.90. The van der Waals surface area contributed by atoms with E-state index in [1.54, 1.807) is 25.1 Å². The van der Waals surface area contributed by atoms with Crippen molar-refractivity contribution < 1.29 is 9.72 Å². The first-order chi connectivity index (χ1) is 9.51. The number of anilines is 1. The second-order valence-electron chi connectivity index (χ2n) is 4.67. The Bertz CT molecular complexity index is 489. The van der Waals surface area contributed by atoms with Gasteiger partial charge in [-0.15, -0.1) is 0 Å². The molecule has 0 bridgehead atoms. The number of nitrogens with one attached hydrogen (secondary N) is 1. The molecule has 6 nitrogen and oxygen atoms in total. The molecule has 0 saturated carbocycles. The van der Waals surface area contributed by atoms with Gasteiger partial charge in [-0.25, -0.2) is 0 Å². The lowest BCUT2D eigenvalue weighted by atomic mass is 10.1. The van der Waals surface area contributed by atoms with Crippen molar-refractivity contribution in [1.29, 1.82) is 0 Å². The normalized spacial score (nSPS) is 10.2. The molecule has 1 N–H and O–H groups in total. The van der Waals surface area contributed by atoms with Crippen LogP contribution in [0, 0.1) is 10.1 Å². The van der Waals surface area contributed by atoms with Gasteiger partial charge in [-0.05, 0) is 12.5 Å². The lowest BCUT2D eigenvalue weighted by Gasteiger charge is -2.18. The zero-order chi connectivity index (χ0) is 15.1. The van der Waals surface area contributed by atoms with Crippen molar-refractivity contribution in [3.8, 4) is 0 Å². The molecular formula is C14H21N3O3. The van der Waals surface area contributed by atoms with E-state index in [4.69, 9.17) is 0 Å². The highest BCUT2D eigenvalue weighted by Crippen LogP contribution is 2.23. The molecule has 0 aliphatic rings. The first-order valence-corrected chi connectivity index (χ1v) is 6.73. The van der Waals surface area contributed by atoms with E-state index >= 15 is 0 Å². The minimum absolute atomic E-state index is 0.0747. The fraction of sp³-hybridized carbons (Fsp3) is 0.500. The molecule has 1 aromatic carbocycles. The minimum atomic E-state index is -0.493. The van der Waals surface area contributed by atoms with Gasteiger partial charge in [0.25, 0.3) is 11.6 Å². The maximum Gasteiger partial charge on any atom is 0.270 e. The topological polar surface area (TPSA) is 75.5 Å². The van der Waals surface area contributed by atoms with Crippen LogP contribution in [-0.2, 0) is 0 Å². The Hall–Kier alpha value is -2.11. The van der Waals surface area contributed by atoms with E-state index in [1.165, 1.54) is 12.1 Å². The molecule has 0 aliphatic carbocycles. The Labute approximate surface area is 118 Å². The van der Waals surface area contributed by atoms with Crippen LogP contribution in [0.2, 0.25) is 0 Å². The van der Waals surface area contributed by atoms with Gasteiger partial charge < -0.3 is 10.2 Å². The van der Waals surface area contributed by atoms with Crippen LogP contribution in [0.4, 0.5) is 11.4 Å². The maximum absolute atomic E-state index is 12.4. The summed E-state index contributed by atoms with van der Waals surface area (Å²) in [6.07, 6.45) is 3.08. The van der Waals surface area contributed by atoms with Crippen LogP contribution in [0.15, 0.2) is 18.2 Å². The second kappa shape index (κ2) is 7.47. The van der Waals surface area contributed by atoms with Gasteiger partial charge in [0.05, 0.1) is 10.5 Å². The molecule has 6 heteroatoms. The van der Waals surface area contributed by atoms with Crippen molar-refractivity contribution in [3.05, 3.63) is 33.9 Å². The summed E-state index contributed by atoms with van der Waals surface area (Å²) in [6.45, 7) is 2.75. The predicted molar refractivity (Wildman–Crippen MR) is 79.1 cm³/mol. The van der Waals surface area contributed by atoms with E-state index in [9.17, 15) is 14.9 Å². The van der Waals surface area contributed by atoms with Gasteiger partial charge in [0.15, 0.2) is 0 Å². The number of carbonyl (C=O) groups is 1. The highest BCUT2D eigenvalue weighted by atomic mass is 16.6. The van der Waals surface area contributed by atoms with E-state index in [2.05, 4.69) is 12.2 Å². The molecule has 20 heavy (non-hydrogen) atoms. The van der Waals surface area contributed by atoms with Crippen LogP contribution in [0.25, 0.3) is 0 Å². The number of unbranched alkanes of at least 4 members (excludes halogenated alkanes) is 2. The summed E-state index contributed by atoms with van der Waals surface area (Å²) < 4.78 is 0. The van der Waals surface area contributed by atoms with Crippen LogP contribution < -0.4 is 5.32 Å². The number of carbonyl (C=O) groups excluding carboxylic acids is 1. The number of amides is 1. The Balaban J connectivity index is 2.94. The van der Waals surface area contributed by atoms with Gasteiger partial charge in [-0.1, -0.05) is 19.8 Å². The smallest absolute Gasteiger partial charge is 0.270 e. The average Bonchev–Trinajstić information content (AvgIpc) is 2.45. The SMILES string of the molecule is CCCCCN(C)C(=O)c1cc([N+](=O)[O-])ccc1NC. The van der Waals surface area contributed by atoms with Crippen molar-refractivity contribution >= 4 is 17.3 Å². The van der Waals surface area contributed by atoms with E-state index in [-0.39, 0.29) is 11.6 Å². The fourth-order valence-electron chi connectivity index (χ4n) is 1.95. The summed E-state index contributed by atoms with van der Waals surface area (Å²) in [5, 5.41) is 13.7. The van der Waals surface area contributed by atoms with E-state index < -0.39 is 4.92 Å². The Morgan fingerprint density at radius 3 is 2.65 bits per heavy atom. The molecule has 1 aromatic rings. The lowest BCUT2D eigenvalue weighted by molar-refractivity contribution is -0.384. The summed E-state index contributed by atoms with van der Waals surface area (Å²) in [5.41, 5.74) is 0.859. The quantitative estimate of drug-likeness (QED) is 0.473. The van der Waals surface area contributed by atoms with E-state index in [1.807, 2.05) is 0 Å². The molecule has 1 amide bonds. The molecule has 0 spiro atoms. The Kier molecular flexibility index (Phi) is 5.96. The summed E-state index contributed by atoms with van der Waals surface area (Å²) >= 11 is 0. The summed E-state index contributed by atoms with van der Waals surface area (Å²) in [6, 6.07) is 4.27. The Morgan fingerprint density at radius 2 is 2.10 bits per heavy atom. The van der Waals surface area contributed by atoms with E-state index in [0.29, 0.717) is 17.8 Å². The first kappa shape index (κ1) is 15.9. The van der Waals surface area contributed by atoms with Crippen molar-refractivity contribution in [3.63, 3.8) is 0 Å². The molecule has 0 radical (unpaired) electrons. The third-order valence-electron chi connectivity index (χ3n) is 3.16. The van der Waals surface area contributed by atoms with Gasteiger partial charge in [-0.3, -0.25) is 14.9 Å². The summed E-state index contributed by atoms with van der Waals surface area (Å²) in [7, 11) is 3.41. The highest BCUT2D eigenvalue weighted by Gasteiger charge is 2.19. The van der Waals surface area contributed by atoms with Crippen LogP contribution in [0.5, 0.6) is 0 Å². The number of hydrogen-bond acceptors (Lipinski definition) is 4. The fourth-order valence-corrected chi connectivity index (χ4v) is 1.95. The van der Waals surface area contributed by atoms with Gasteiger partial charge in [-0.2, -0.15) is 0 Å². The van der Waals surface area contributed by atoms with Gasteiger partial charge >= 0.3 is 0 Å². The van der Waals surface area contributed by atoms with Crippen LogP contribution in [-0.4, -0.2) is 36.4 Å². The highest BCUT2D eigenvalue weighted by molar-refractivity contribution is 6.00. The van der Waals surface area contributed by atoms with Gasteiger partial charge in [0.2, 0.25) is 0 Å². The number of rotatable bonds is 7. The van der Waals surface area contributed by atoms with Gasteiger partial charge in [0.1, 0.15) is 0 Å². The summed E-state index contributed by atoms with van der Waals surface area (Å²) in [5.74, 6) is -0.200. The molecule has 0 aliphatic heterocycles. The van der Waals surface area contributed by atoms with Gasteiger partial charge in [0, 0.05) is 38.5 Å². The van der Waals surface area contributed by atoms with Crippen molar-refractivity contribution in [2.45, 2.75) is 26.2 Å². The molecule has 0 fully saturated rings. The number of hydrogen-bond donors (Lipinski definition) is 1. The molecule has 0 aromatic heterocycles. The Morgan fingerprint density at radius 1 is 1.40 bits per heavy atom. The lowest BCUT2D eigenvalue weighted by Crippen LogP contribution is -2.28. The minimum Gasteiger partial charge on any atom is -0.387 e. The number of nitro groups is 1. The standard InChI is InChI=1S/C14H21N3O3/c1-4-5-6-9-16(3)14(18)12-10-11(17(19)20)7-8-13(12)15-2/h7-8,10,15H,4-6,9H2,1-3H3. The van der Waals surface area contributed by atoms with Crippen molar-refractivity contribution in [1.82, 2.24) is 4.90 Å². The number of nitrogens with zero attached hydrogens (tertiary/aromatic N) is 2. The number of nitro benzene ring substituents is 1. The third-order valence-corrected chi connectivity index (χ3v) is 3.16. The molecule has 0 unspecified atom stereocenters. The molecule has 0 heterocycles. The molecule has 110 valence electrons. The zero-order valence-electron chi connectivity index (χ0n) is 12.2. The molecule has 0 saturated heterocycles. The molecule has 0 atom stereocenters. The number of non-ortho nitro benzene ring substituents is 1. The largest absolute Gasteiger partial charge is 0.387 e. The number of benzene rings is 1. The maximum atomic E-state index is 12.4.